The number of furan rings is 1. The van der Waals surface area contributed by atoms with E-state index >= 15 is 0 Å². The number of benzene rings is 1. The number of rotatable bonds is 3. The minimum absolute atomic E-state index is 0.0154. The van der Waals surface area contributed by atoms with Crippen molar-refractivity contribution in [2.45, 2.75) is 6.42 Å². The largest absolute Gasteiger partial charge is 0.461 e. The van der Waals surface area contributed by atoms with Crippen LogP contribution in [-0.2, 0) is 15.5 Å². The van der Waals surface area contributed by atoms with E-state index in [4.69, 9.17) is 15.1 Å². The lowest BCUT2D eigenvalue weighted by atomic mass is 10.2. The number of hydrogen-bond donors (Lipinski definition) is 0. The highest BCUT2D eigenvalue weighted by Gasteiger charge is 2.12. The quantitative estimate of drug-likeness (QED) is 0.812. The molecular formula is C10H7ClF2O3S. The molecule has 0 fully saturated rings. The Hall–Kier alpha value is -1.14. The average Bonchev–Trinajstić information content (AvgIpc) is 2.56. The number of halogens is 3. The third kappa shape index (κ3) is 2.95. The van der Waals surface area contributed by atoms with Crippen molar-refractivity contribution in [3.8, 4) is 0 Å². The first-order valence-corrected chi connectivity index (χ1v) is 7.13. The molecule has 0 atom stereocenters. The Balaban J connectivity index is 2.35. The number of aryl methyl sites for hydroxylation is 1. The zero-order valence-corrected chi connectivity index (χ0v) is 9.99. The smallest absolute Gasteiger partial charge is 0.233 e. The highest BCUT2D eigenvalue weighted by atomic mass is 35.7. The Kier molecular flexibility index (Phi) is 3.09. The number of hydrogen-bond acceptors (Lipinski definition) is 3. The average molecular weight is 281 g/mol. The first-order chi connectivity index (χ1) is 7.85. The molecule has 1 aromatic heterocycles. The molecule has 0 aliphatic carbocycles. The van der Waals surface area contributed by atoms with Gasteiger partial charge in [-0.15, -0.1) is 0 Å². The molecule has 0 bridgehead atoms. The van der Waals surface area contributed by atoms with E-state index in [1.165, 1.54) is 6.07 Å². The Morgan fingerprint density at radius 1 is 1.24 bits per heavy atom. The van der Waals surface area contributed by atoms with Gasteiger partial charge in [0, 0.05) is 29.2 Å². The van der Waals surface area contributed by atoms with E-state index in [2.05, 4.69) is 0 Å². The van der Waals surface area contributed by atoms with Gasteiger partial charge in [0.05, 0.1) is 11.1 Å². The van der Waals surface area contributed by atoms with Crippen LogP contribution in [0.1, 0.15) is 5.76 Å². The molecule has 92 valence electrons. The highest BCUT2D eigenvalue weighted by molar-refractivity contribution is 8.13. The fourth-order valence-corrected chi connectivity index (χ4v) is 2.14. The summed E-state index contributed by atoms with van der Waals surface area (Å²) in [5.41, 5.74) is 0.0458. The normalized spacial score (nSPS) is 12.2. The molecule has 0 spiro atoms. The van der Waals surface area contributed by atoms with Gasteiger partial charge in [-0.25, -0.2) is 17.2 Å². The molecule has 0 amide bonds. The van der Waals surface area contributed by atoms with Crippen molar-refractivity contribution in [2.24, 2.45) is 0 Å². The van der Waals surface area contributed by atoms with Gasteiger partial charge >= 0.3 is 0 Å². The molecule has 0 unspecified atom stereocenters. The van der Waals surface area contributed by atoms with Crippen LogP contribution in [0, 0.1) is 11.6 Å². The third-order valence-electron chi connectivity index (χ3n) is 2.20. The Labute approximate surface area is 100 Å². The van der Waals surface area contributed by atoms with Crippen LogP contribution in [0.15, 0.2) is 22.6 Å². The number of fused-ring (bicyclic) bond motifs is 1. The van der Waals surface area contributed by atoms with Crippen molar-refractivity contribution in [1.82, 2.24) is 0 Å². The molecule has 0 aliphatic heterocycles. The van der Waals surface area contributed by atoms with Gasteiger partial charge in [0.25, 0.3) is 0 Å². The molecule has 2 rings (SSSR count). The maximum atomic E-state index is 13.3. The molecule has 0 saturated heterocycles. The predicted molar refractivity (Wildman–Crippen MR) is 59.5 cm³/mol. The van der Waals surface area contributed by atoms with E-state index < -0.39 is 20.7 Å². The molecule has 7 heteroatoms. The van der Waals surface area contributed by atoms with Gasteiger partial charge in [-0.05, 0) is 6.07 Å². The summed E-state index contributed by atoms with van der Waals surface area (Å²) in [5, 5.41) is 0.119. The van der Waals surface area contributed by atoms with Gasteiger partial charge in [-0.1, -0.05) is 0 Å². The van der Waals surface area contributed by atoms with Gasteiger partial charge in [0.15, 0.2) is 0 Å². The summed E-state index contributed by atoms with van der Waals surface area (Å²) in [6.45, 7) is 0. The molecule has 17 heavy (non-hydrogen) atoms. The van der Waals surface area contributed by atoms with Gasteiger partial charge in [-0.2, -0.15) is 0 Å². The van der Waals surface area contributed by atoms with Crippen molar-refractivity contribution < 1.29 is 21.6 Å². The fourth-order valence-electron chi connectivity index (χ4n) is 1.46. The summed E-state index contributed by atoms with van der Waals surface area (Å²) in [6.07, 6.45) is 0.0154. The summed E-state index contributed by atoms with van der Waals surface area (Å²) in [7, 11) is 1.40. The van der Waals surface area contributed by atoms with Crippen LogP contribution in [0.4, 0.5) is 8.78 Å². The van der Waals surface area contributed by atoms with E-state index in [1.807, 2.05) is 0 Å². The van der Waals surface area contributed by atoms with Crippen molar-refractivity contribution >= 4 is 30.7 Å². The molecule has 2 aromatic rings. The standard InChI is InChI=1S/C10H7ClF2O3S/c11-17(14,15)2-1-7-5-8-9(13)3-6(12)4-10(8)16-7/h3-5H,1-2H2. The Morgan fingerprint density at radius 3 is 2.59 bits per heavy atom. The molecular weight excluding hydrogens is 274 g/mol. The lowest BCUT2D eigenvalue weighted by Crippen LogP contribution is -1.99. The van der Waals surface area contributed by atoms with Crippen molar-refractivity contribution in [2.75, 3.05) is 5.75 Å². The third-order valence-corrected chi connectivity index (χ3v) is 3.35. The monoisotopic (exact) mass is 280 g/mol. The summed E-state index contributed by atoms with van der Waals surface area (Å²) in [5.74, 6) is -1.57. The molecule has 0 N–H and O–H groups in total. The van der Waals surface area contributed by atoms with Crippen molar-refractivity contribution in [3.63, 3.8) is 0 Å². The van der Waals surface area contributed by atoms with E-state index in [1.54, 1.807) is 0 Å². The van der Waals surface area contributed by atoms with Gasteiger partial charge in [0.2, 0.25) is 9.05 Å². The van der Waals surface area contributed by atoms with Crippen LogP contribution in [0.2, 0.25) is 0 Å². The van der Waals surface area contributed by atoms with Crippen molar-refractivity contribution in [3.05, 3.63) is 35.6 Å². The SMILES string of the molecule is O=S(=O)(Cl)CCc1cc2c(F)cc(F)cc2o1. The highest BCUT2D eigenvalue weighted by Crippen LogP contribution is 2.24. The second kappa shape index (κ2) is 4.27. The van der Waals surface area contributed by atoms with E-state index in [-0.39, 0.29) is 28.9 Å². The first-order valence-electron chi connectivity index (χ1n) is 4.65. The molecule has 0 aliphatic rings. The van der Waals surface area contributed by atoms with E-state index in [0.29, 0.717) is 0 Å². The zero-order chi connectivity index (χ0) is 12.6. The second-order valence-corrected chi connectivity index (χ2v) is 6.40. The molecule has 3 nitrogen and oxygen atoms in total. The fraction of sp³-hybridized carbons (Fsp3) is 0.200. The Morgan fingerprint density at radius 2 is 1.94 bits per heavy atom. The Bertz CT molecular complexity index is 663. The maximum absolute atomic E-state index is 13.3. The van der Waals surface area contributed by atoms with Crippen LogP contribution >= 0.6 is 10.7 Å². The van der Waals surface area contributed by atoms with Crippen LogP contribution in [0.25, 0.3) is 11.0 Å². The molecule has 0 saturated carbocycles. The van der Waals surface area contributed by atoms with Gasteiger partial charge in [-0.3, -0.25) is 0 Å². The minimum atomic E-state index is -3.63. The van der Waals surface area contributed by atoms with Crippen LogP contribution < -0.4 is 0 Å². The predicted octanol–water partition coefficient (Wildman–Crippen LogP) is 2.82. The lowest BCUT2D eigenvalue weighted by Gasteiger charge is -1.92. The maximum Gasteiger partial charge on any atom is 0.233 e. The second-order valence-electron chi connectivity index (χ2n) is 3.51. The van der Waals surface area contributed by atoms with Crippen LogP contribution in [0.5, 0.6) is 0 Å². The lowest BCUT2D eigenvalue weighted by molar-refractivity contribution is 0.544. The van der Waals surface area contributed by atoms with E-state index in [9.17, 15) is 17.2 Å². The van der Waals surface area contributed by atoms with Crippen LogP contribution in [-0.4, -0.2) is 14.2 Å². The zero-order valence-electron chi connectivity index (χ0n) is 8.41. The first kappa shape index (κ1) is 12.3. The van der Waals surface area contributed by atoms with E-state index in [0.717, 1.165) is 12.1 Å². The van der Waals surface area contributed by atoms with Crippen molar-refractivity contribution in [1.29, 1.82) is 0 Å². The van der Waals surface area contributed by atoms with Crippen LogP contribution in [0.3, 0.4) is 0 Å². The molecule has 0 radical (unpaired) electrons. The van der Waals surface area contributed by atoms with Gasteiger partial charge in [0.1, 0.15) is 23.0 Å². The topological polar surface area (TPSA) is 47.3 Å². The summed E-state index contributed by atoms with van der Waals surface area (Å²) in [4.78, 5) is 0. The summed E-state index contributed by atoms with van der Waals surface area (Å²) >= 11 is 0. The van der Waals surface area contributed by atoms with Gasteiger partial charge < -0.3 is 4.42 Å². The molecule has 1 heterocycles. The minimum Gasteiger partial charge on any atom is -0.461 e. The summed E-state index contributed by atoms with van der Waals surface area (Å²) in [6, 6.07) is 3.11. The molecule has 1 aromatic carbocycles. The summed E-state index contributed by atoms with van der Waals surface area (Å²) < 4.78 is 52.7.